The molecule has 2 aromatic carbocycles. The highest BCUT2D eigenvalue weighted by Crippen LogP contribution is 2.25. The molecule has 6 nitrogen and oxygen atoms in total. The first-order valence-electron chi connectivity index (χ1n) is 8.29. The van der Waals surface area contributed by atoms with Crippen LogP contribution in [0, 0.1) is 0 Å². The van der Waals surface area contributed by atoms with E-state index in [0.717, 1.165) is 22.7 Å². The van der Waals surface area contributed by atoms with Gasteiger partial charge in [-0.1, -0.05) is 0 Å². The van der Waals surface area contributed by atoms with E-state index >= 15 is 0 Å². The maximum Gasteiger partial charge on any atom is 0.224 e. The molecule has 0 radical (unpaired) electrons. The van der Waals surface area contributed by atoms with Gasteiger partial charge in [0.2, 0.25) is 11.8 Å². The zero-order valence-electron chi connectivity index (χ0n) is 15.5. The van der Waals surface area contributed by atoms with Crippen molar-refractivity contribution in [3.8, 4) is 11.5 Å². The van der Waals surface area contributed by atoms with E-state index in [2.05, 4.69) is 5.32 Å². The van der Waals surface area contributed by atoms with E-state index in [1.165, 1.54) is 6.92 Å². The highest BCUT2D eigenvalue weighted by Gasteiger charge is 2.10. The van der Waals surface area contributed by atoms with Crippen molar-refractivity contribution in [2.24, 2.45) is 0 Å². The zero-order chi connectivity index (χ0) is 19.1. The molecule has 0 heterocycles. The number of hydrogen-bond donors (Lipinski definition) is 1. The topological polar surface area (TPSA) is 67.9 Å². The molecule has 1 N–H and O–H groups in total. The Morgan fingerprint density at radius 2 is 1.73 bits per heavy atom. The molecule has 0 aliphatic rings. The fourth-order valence-corrected chi connectivity index (χ4v) is 2.50. The minimum atomic E-state index is -0.0949. The van der Waals surface area contributed by atoms with Crippen molar-refractivity contribution in [1.82, 2.24) is 0 Å². The Morgan fingerprint density at radius 1 is 1.04 bits per heavy atom. The summed E-state index contributed by atoms with van der Waals surface area (Å²) in [5, 5.41) is 2.86. The fraction of sp³-hybridized carbons (Fsp3) is 0.300. The quantitative estimate of drug-likeness (QED) is 0.827. The predicted molar refractivity (Wildman–Crippen MR) is 102 cm³/mol. The van der Waals surface area contributed by atoms with Gasteiger partial charge in [0.1, 0.15) is 11.5 Å². The lowest BCUT2D eigenvalue weighted by atomic mass is 10.1. The average molecular weight is 356 g/mol. The van der Waals surface area contributed by atoms with Crippen molar-refractivity contribution in [1.29, 1.82) is 0 Å². The third-order valence-electron chi connectivity index (χ3n) is 4.12. The zero-order valence-corrected chi connectivity index (χ0v) is 15.5. The maximum atomic E-state index is 12.2. The van der Waals surface area contributed by atoms with E-state index in [-0.39, 0.29) is 11.8 Å². The summed E-state index contributed by atoms with van der Waals surface area (Å²) in [5.41, 5.74) is 2.38. The molecule has 0 aliphatic heterocycles. The molecule has 6 heteroatoms. The van der Waals surface area contributed by atoms with Gasteiger partial charge in [-0.15, -0.1) is 0 Å². The first kappa shape index (κ1) is 19.3. The molecule has 0 spiro atoms. The SMILES string of the molecule is COc1ccc(OC)c(CCC(=O)Nc2ccc(N(C)C(C)=O)cc2)c1. The summed E-state index contributed by atoms with van der Waals surface area (Å²) in [4.78, 5) is 25.1. The van der Waals surface area contributed by atoms with E-state index < -0.39 is 0 Å². The van der Waals surface area contributed by atoms with Crippen LogP contribution < -0.4 is 19.7 Å². The van der Waals surface area contributed by atoms with Gasteiger partial charge in [0.15, 0.2) is 0 Å². The van der Waals surface area contributed by atoms with E-state index in [1.807, 2.05) is 18.2 Å². The molecule has 0 aliphatic carbocycles. The molecule has 0 saturated heterocycles. The number of nitrogens with one attached hydrogen (secondary N) is 1. The minimum absolute atomic E-state index is 0.0472. The maximum absolute atomic E-state index is 12.2. The number of carbonyl (C=O) groups is 2. The summed E-state index contributed by atoms with van der Waals surface area (Å²) in [6.07, 6.45) is 0.857. The fourth-order valence-electron chi connectivity index (χ4n) is 2.50. The number of carbonyl (C=O) groups excluding carboxylic acids is 2. The van der Waals surface area contributed by atoms with Crippen molar-refractivity contribution in [2.75, 3.05) is 31.5 Å². The highest BCUT2D eigenvalue weighted by molar-refractivity contribution is 5.93. The van der Waals surface area contributed by atoms with E-state index in [1.54, 1.807) is 50.4 Å². The summed E-state index contributed by atoms with van der Waals surface area (Å²) in [5.74, 6) is 1.32. The second kappa shape index (κ2) is 8.89. The number of hydrogen-bond acceptors (Lipinski definition) is 4. The van der Waals surface area contributed by atoms with Crippen molar-refractivity contribution in [3.05, 3.63) is 48.0 Å². The smallest absolute Gasteiger partial charge is 0.224 e. The van der Waals surface area contributed by atoms with Crippen LogP contribution in [0.1, 0.15) is 18.9 Å². The number of anilines is 2. The van der Waals surface area contributed by atoms with Gasteiger partial charge in [-0.05, 0) is 54.4 Å². The minimum Gasteiger partial charge on any atom is -0.497 e. The van der Waals surface area contributed by atoms with Crippen LogP contribution in [0.4, 0.5) is 11.4 Å². The summed E-state index contributed by atoms with van der Waals surface area (Å²) in [6.45, 7) is 1.50. The van der Waals surface area contributed by atoms with Gasteiger partial charge in [-0.2, -0.15) is 0 Å². The van der Waals surface area contributed by atoms with Crippen LogP contribution in [-0.4, -0.2) is 33.1 Å². The molecule has 2 aromatic rings. The van der Waals surface area contributed by atoms with Crippen LogP contribution in [0.25, 0.3) is 0 Å². The van der Waals surface area contributed by atoms with Gasteiger partial charge in [0, 0.05) is 31.8 Å². The van der Waals surface area contributed by atoms with Gasteiger partial charge >= 0.3 is 0 Å². The van der Waals surface area contributed by atoms with Gasteiger partial charge in [0.05, 0.1) is 14.2 Å². The van der Waals surface area contributed by atoms with Crippen LogP contribution in [0.3, 0.4) is 0 Å². The van der Waals surface area contributed by atoms with Gasteiger partial charge in [-0.25, -0.2) is 0 Å². The number of nitrogens with zero attached hydrogens (tertiary/aromatic N) is 1. The Bertz CT molecular complexity index is 772. The molecule has 0 aromatic heterocycles. The number of methoxy groups -OCH3 is 2. The van der Waals surface area contributed by atoms with Crippen molar-refractivity contribution < 1.29 is 19.1 Å². The van der Waals surface area contributed by atoms with E-state index in [4.69, 9.17) is 9.47 Å². The van der Waals surface area contributed by atoms with E-state index in [0.29, 0.717) is 18.5 Å². The Labute approximate surface area is 153 Å². The second-order valence-electron chi connectivity index (χ2n) is 5.85. The number of amides is 2. The van der Waals surface area contributed by atoms with Crippen molar-refractivity contribution in [3.63, 3.8) is 0 Å². The van der Waals surface area contributed by atoms with E-state index in [9.17, 15) is 9.59 Å². The first-order valence-corrected chi connectivity index (χ1v) is 8.29. The third-order valence-corrected chi connectivity index (χ3v) is 4.12. The van der Waals surface area contributed by atoms with Crippen LogP contribution >= 0.6 is 0 Å². The summed E-state index contributed by atoms with van der Waals surface area (Å²) < 4.78 is 10.6. The molecule has 0 saturated carbocycles. The Balaban J connectivity index is 1.96. The van der Waals surface area contributed by atoms with Gasteiger partial charge in [-0.3, -0.25) is 9.59 Å². The number of aryl methyl sites for hydroxylation is 1. The second-order valence-corrected chi connectivity index (χ2v) is 5.85. The molecule has 26 heavy (non-hydrogen) atoms. The Hall–Kier alpha value is -3.02. The molecule has 0 atom stereocenters. The highest BCUT2D eigenvalue weighted by atomic mass is 16.5. The summed E-state index contributed by atoms with van der Waals surface area (Å²) >= 11 is 0. The summed E-state index contributed by atoms with van der Waals surface area (Å²) in [7, 11) is 4.91. The van der Waals surface area contributed by atoms with Gasteiger partial charge in [0.25, 0.3) is 0 Å². The average Bonchev–Trinajstić information content (AvgIpc) is 2.66. The summed E-state index contributed by atoms with van der Waals surface area (Å²) in [6, 6.07) is 12.7. The van der Waals surface area contributed by atoms with Crippen LogP contribution in [0.2, 0.25) is 0 Å². The molecule has 2 amide bonds. The lowest BCUT2D eigenvalue weighted by molar-refractivity contribution is -0.117. The Kier molecular flexibility index (Phi) is 6.60. The molecular weight excluding hydrogens is 332 g/mol. The number of benzene rings is 2. The van der Waals surface area contributed by atoms with Crippen LogP contribution in [0.5, 0.6) is 11.5 Å². The number of ether oxygens (including phenoxy) is 2. The van der Waals surface area contributed by atoms with Crippen LogP contribution in [0.15, 0.2) is 42.5 Å². The third kappa shape index (κ3) is 4.99. The normalized spacial score (nSPS) is 10.2. The lowest BCUT2D eigenvalue weighted by Crippen LogP contribution is -2.22. The molecule has 0 fully saturated rings. The Morgan fingerprint density at radius 3 is 2.31 bits per heavy atom. The number of rotatable bonds is 7. The largest absolute Gasteiger partial charge is 0.497 e. The monoisotopic (exact) mass is 356 g/mol. The first-order chi connectivity index (χ1) is 12.4. The standard InChI is InChI=1S/C20H24N2O4/c1-14(23)22(2)17-8-6-16(7-9-17)21-20(24)12-5-15-13-18(25-3)10-11-19(15)26-4/h6-11,13H,5,12H2,1-4H3,(H,21,24). The molecular formula is C20H24N2O4. The molecule has 0 bridgehead atoms. The van der Waals surface area contributed by atoms with Crippen molar-refractivity contribution >= 4 is 23.2 Å². The molecule has 138 valence electrons. The lowest BCUT2D eigenvalue weighted by Gasteiger charge is -2.15. The predicted octanol–water partition coefficient (Wildman–Crippen LogP) is 3.26. The van der Waals surface area contributed by atoms with Crippen molar-refractivity contribution in [2.45, 2.75) is 19.8 Å². The molecule has 0 unspecified atom stereocenters. The van der Waals surface area contributed by atoms with Gasteiger partial charge < -0.3 is 19.7 Å². The van der Waals surface area contributed by atoms with Crippen LogP contribution in [-0.2, 0) is 16.0 Å². The molecule has 2 rings (SSSR count).